The summed E-state index contributed by atoms with van der Waals surface area (Å²) in [5, 5.41) is 2.26. The Morgan fingerprint density at radius 1 is 1.26 bits per heavy atom. The van der Waals surface area contributed by atoms with Gasteiger partial charge >= 0.3 is 0 Å². The van der Waals surface area contributed by atoms with Gasteiger partial charge in [-0.05, 0) is 44.7 Å². The van der Waals surface area contributed by atoms with Gasteiger partial charge < -0.3 is 4.55 Å². The maximum Gasteiger partial charge on any atom is 0.136 e. The van der Waals surface area contributed by atoms with Crippen molar-refractivity contribution in [1.82, 2.24) is 9.71 Å². The van der Waals surface area contributed by atoms with Crippen molar-refractivity contribution in [2.24, 2.45) is 0 Å². The summed E-state index contributed by atoms with van der Waals surface area (Å²) in [5.41, 5.74) is 1.13. The van der Waals surface area contributed by atoms with Crippen molar-refractivity contribution in [2.45, 2.75) is 38.5 Å². The van der Waals surface area contributed by atoms with Crippen molar-refractivity contribution in [2.75, 3.05) is 0 Å². The largest absolute Gasteiger partial charge is 0.598 e. The molecule has 0 fully saturated rings. The molecule has 1 unspecified atom stereocenters. The predicted molar refractivity (Wildman–Crippen MR) is 81.2 cm³/mol. The van der Waals surface area contributed by atoms with Crippen molar-refractivity contribution in [1.29, 1.82) is 0 Å². The SMILES string of the molecule is CC(N[S@+]([O-])C(C)(C)C)c1cccc2ccncc12. The lowest BCUT2D eigenvalue weighted by molar-refractivity contribution is 0.532. The molecule has 0 saturated carbocycles. The molecule has 0 aliphatic carbocycles. The van der Waals surface area contributed by atoms with Crippen LogP contribution in [-0.2, 0) is 11.4 Å². The summed E-state index contributed by atoms with van der Waals surface area (Å²) in [4.78, 5) is 4.18. The van der Waals surface area contributed by atoms with E-state index in [-0.39, 0.29) is 10.8 Å². The van der Waals surface area contributed by atoms with Gasteiger partial charge in [-0.2, -0.15) is 0 Å². The van der Waals surface area contributed by atoms with Crippen LogP contribution in [0.15, 0.2) is 36.7 Å². The van der Waals surface area contributed by atoms with Crippen molar-refractivity contribution in [3.05, 3.63) is 42.2 Å². The molecule has 0 spiro atoms. The molecule has 0 saturated heterocycles. The highest BCUT2D eigenvalue weighted by atomic mass is 32.2. The minimum absolute atomic E-state index is 0.0213. The van der Waals surface area contributed by atoms with Crippen molar-refractivity contribution in [3.8, 4) is 0 Å². The van der Waals surface area contributed by atoms with Gasteiger partial charge in [-0.15, -0.1) is 4.72 Å². The second-order valence-corrected chi connectivity index (χ2v) is 7.66. The molecular weight excluding hydrogens is 256 g/mol. The van der Waals surface area contributed by atoms with Crippen molar-refractivity contribution in [3.63, 3.8) is 0 Å². The minimum atomic E-state index is -1.08. The Balaban J connectivity index is 2.29. The average Bonchev–Trinajstić information content (AvgIpc) is 2.36. The summed E-state index contributed by atoms with van der Waals surface area (Å²) in [6, 6.07) is 8.16. The molecule has 3 nitrogen and oxygen atoms in total. The summed E-state index contributed by atoms with van der Waals surface area (Å²) in [6.07, 6.45) is 3.65. The first-order valence-corrected chi connectivity index (χ1v) is 7.55. The molecule has 1 heterocycles. The molecule has 0 aliphatic heterocycles. The van der Waals surface area contributed by atoms with Crippen molar-refractivity contribution >= 4 is 22.1 Å². The lowest BCUT2D eigenvalue weighted by Gasteiger charge is -2.27. The summed E-state index contributed by atoms with van der Waals surface area (Å²) >= 11 is -1.08. The third-order valence-corrected chi connectivity index (χ3v) is 4.70. The van der Waals surface area contributed by atoms with Gasteiger partial charge in [-0.3, -0.25) is 4.98 Å². The average molecular weight is 276 g/mol. The molecule has 0 radical (unpaired) electrons. The number of hydrogen-bond acceptors (Lipinski definition) is 3. The van der Waals surface area contributed by atoms with Crippen molar-refractivity contribution < 1.29 is 4.55 Å². The highest BCUT2D eigenvalue weighted by Gasteiger charge is 2.28. The number of benzene rings is 1. The maximum atomic E-state index is 12.2. The van der Waals surface area contributed by atoms with Gasteiger partial charge in [0.25, 0.3) is 0 Å². The van der Waals surface area contributed by atoms with Crippen LogP contribution in [0.3, 0.4) is 0 Å². The summed E-state index contributed by atoms with van der Waals surface area (Å²) < 4.78 is 15.1. The Kier molecular flexibility index (Phi) is 4.13. The lowest BCUT2D eigenvalue weighted by atomic mass is 10.0. The first-order valence-electron chi connectivity index (χ1n) is 6.40. The zero-order valence-electron chi connectivity index (χ0n) is 11.8. The fourth-order valence-corrected chi connectivity index (χ4v) is 2.72. The topological polar surface area (TPSA) is 48.0 Å². The van der Waals surface area contributed by atoms with Gasteiger partial charge in [-0.1, -0.05) is 18.2 Å². The number of pyridine rings is 1. The van der Waals surface area contributed by atoms with Crippen LogP contribution < -0.4 is 4.72 Å². The molecule has 0 bridgehead atoms. The number of nitrogens with one attached hydrogen (secondary N) is 1. The van der Waals surface area contributed by atoms with Gasteiger partial charge in [0, 0.05) is 29.1 Å². The molecule has 4 heteroatoms. The predicted octanol–water partition coefficient (Wildman–Crippen LogP) is 3.35. The number of fused-ring (bicyclic) bond motifs is 1. The van der Waals surface area contributed by atoms with Gasteiger partial charge in [0.05, 0.1) is 6.04 Å². The van der Waals surface area contributed by atoms with Crippen LogP contribution in [0.5, 0.6) is 0 Å². The molecule has 2 aromatic rings. The van der Waals surface area contributed by atoms with Crippen LogP contribution in [0, 0.1) is 0 Å². The molecule has 0 amide bonds. The molecule has 19 heavy (non-hydrogen) atoms. The van der Waals surface area contributed by atoms with Gasteiger partial charge in [-0.25, -0.2) is 0 Å². The third-order valence-electron chi connectivity index (χ3n) is 3.02. The molecule has 102 valence electrons. The Hall–Kier alpha value is -1.10. The summed E-state index contributed by atoms with van der Waals surface area (Å²) in [6.45, 7) is 7.93. The van der Waals surface area contributed by atoms with E-state index in [2.05, 4.69) is 21.8 Å². The molecule has 2 rings (SSSR count). The lowest BCUT2D eigenvalue weighted by Crippen LogP contribution is -2.40. The van der Waals surface area contributed by atoms with Crippen LogP contribution >= 0.6 is 0 Å². The smallest absolute Gasteiger partial charge is 0.136 e. The van der Waals surface area contributed by atoms with E-state index in [0.29, 0.717) is 0 Å². The van der Waals surface area contributed by atoms with Crippen LogP contribution in [-0.4, -0.2) is 14.3 Å². The monoisotopic (exact) mass is 276 g/mol. The molecule has 2 atom stereocenters. The Bertz CT molecular complexity index is 560. The Morgan fingerprint density at radius 2 is 2.00 bits per heavy atom. The molecule has 1 aromatic carbocycles. The zero-order chi connectivity index (χ0) is 14.0. The van der Waals surface area contributed by atoms with Gasteiger partial charge in [0.15, 0.2) is 0 Å². The summed E-state index contributed by atoms with van der Waals surface area (Å²) in [5.74, 6) is 0. The van der Waals surface area contributed by atoms with E-state index in [1.54, 1.807) is 6.20 Å². The molecule has 1 aromatic heterocycles. The van der Waals surface area contributed by atoms with E-state index < -0.39 is 11.4 Å². The standard InChI is InChI=1S/C15H20N2OS/c1-11(17-19(18)15(2,3)4)13-7-5-6-12-8-9-16-10-14(12)13/h5-11,17H,1-4H3/t11?,19-/m1/s1. The Labute approximate surface area is 117 Å². The fourth-order valence-electron chi connectivity index (χ4n) is 1.92. The second kappa shape index (κ2) is 5.49. The third kappa shape index (κ3) is 3.26. The number of aromatic nitrogens is 1. The first kappa shape index (κ1) is 14.3. The van der Waals surface area contributed by atoms with Crippen LogP contribution in [0.2, 0.25) is 0 Å². The minimum Gasteiger partial charge on any atom is -0.598 e. The number of nitrogens with zero attached hydrogens (tertiary/aromatic N) is 1. The van der Waals surface area contributed by atoms with E-state index in [4.69, 9.17) is 0 Å². The van der Waals surface area contributed by atoms with E-state index in [1.165, 1.54) is 0 Å². The Morgan fingerprint density at radius 3 is 2.68 bits per heavy atom. The normalized spacial score (nSPS) is 15.4. The number of rotatable bonds is 3. The first-order chi connectivity index (χ1) is 8.89. The van der Waals surface area contributed by atoms with E-state index in [1.807, 2.05) is 46.0 Å². The molecule has 0 aliphatic rings. The van der Waals surface area contributed by atoms with Crippen LogP contribution in [0.1, 0.15) is 39.3 Å². The zero-order valence-corrected chi connectivity index (χ0v) is 12.6. The van der Waals surface area contributed by atoms with Crippen LogP contribution in [0.4, 0.5) is 0 Å². The highest BCUT2D eigenvalue weighted by Crippen LogP contribution is 2.25. The van der Waals surface area contributed by atoms with E-state index in [9.17, 15) is 4.55 Å². The van der Waals surface area contributed by atoms with E-state index >= 15 is 0 Å². The van der Waals surface area contributed by atoms with Gasteiger partial charge in [0.1, 0.15) is 4.75 Å². The number of hydrogen-bond donors (Lipinski definition) is 1. The quantitative estimate of drug-likeness (QED) is 0.875. The van der Waals surface area contributed by atoms with E-state index in [0.717, 1.165) is 16.3 Å². The maximum absolute atomic E-state index is 12.2. The van der Waals surface area contributed by atoms with Crippen LogP contribution in [0.25, 0.3) is 10.8 Å². The second-order valence-electron chi connectivity index (χ2n) is 5.66. The highest BCUT2D eigenvalue weighted by molar-refractivity contribution is 7.90. The summed E-state index contributed by atoms with van der Waals surface area (Å²) in [7, 11) is 0. The molecular formula is C15H20N2OS. The molecule has 1 N–H and O–H groups in total. The fraction of sp³-hybridized carbons (Fsp3) is 0.400. The van der Waals surface area contributed by atoms with Gasteiger partial charge in [0.2, 0.25) is 0 Å².